The Bertz CT molecular complexity index is 882. The van der Waals surface area contributed by atoms with Crippen LogP contribution >= 0.6 is 22.6 Å². The molecule has 0 amide bonds. The van der Waals surface area contributed by atoms with Crippen molar-refractivity contribution in [3.8, 4) is 0 Å². The van der Waals surface area contributed by atoms with Crippen LogP contribution in [0.5, 0.6) is 0 Å². The number of aryl methyl sites for hydroxylation is 1. The average molecular weight is 423 g/mol. The van der Waals surface area contributed by atoms with E-state index < -0.39 is 0 Å². The molecule has 0 bridgehead atoms. The number of nitrogens with zero attached hydrogens (tertiary/aromatic N) is 1. The normalized spacial score (nSPS) is 14.2. The van der Waals surface area contributed by atoms with E-state index in [4.69, 9.17) is 0 Å². The second kappa shape index (κ2) is 6.89. The van der Waals surface area contributed by atoms with E-state index in [9.17, 15) is 0 Å². The van der Waals surface area contributed by atoms with Crippen molar-refractivity contribution < 1.29 is 0 Å². The van der Waals surface area contributed by atoms with Gasteiger partial charge in [-0.25, -0.2) is 0 Å². The molecule has 1 aromatic heterocycles. The van der Waals surface area contributed by atoms with Crippen LogP contribution in [0.4, 0.5) is 0 Å². The van der Waals surface area contributed by atoms with Crippen LogP contribution in [0.1, 0.15) is 35.1 Å². The molecule has 118 valence electrons. The topological polar surface area (TPSA) is 12.9 Å². The van der Waals surface area contributed by atoms with E-state index in [1.807, 2.05) is 12.4 Å². The van der Waals surface area contributed by atoms with Crippen LogP contribution in [0.3, 0.4) is 0 Å². The maximum Gasteiger partial charge on any atom is 0.0273 e. The van der Waals surface area contributed by atoms with E-state index in [2.05, 4.69) is 88.2 Å². The molecule has 0 saturated carbocycles. The largest absolute Gasteiger partial charge is 0.265 e. The number of hydrogen-bond acceptors (Lipinski definition) is 1. The molecule has 0 radical (unpaired) electrons. The molecule has 1 nitrogen and oxygen atoms in total. The lowest BCUT2D eigenvalue weighted by Crippen LogP contribution is -1.96. The fraction of sp³-hybridized carbons (Fsp3) is 0.136. The minimum atomic E-state index is 1.10. The molecule has 4 rings (SSSR count). The number of aromatic nitrogens is 1. The maximum absolute atomic E-state index is 4.21. The Kier molecular flexibility index (Phi) is 4.48. The van der Waals surface area contributed by atoms with Gasteiger partial charge in [-0.15, -0.1) is 0 Å². The summed E-state index contributed by atoms with van der Waals surface area (Å²) in [6.45, 7) is 0. The summed E-state index contributed by atoms with van der Waals surface area (Å²) in [4.78, 5) is 4.21. The molecular weight excluding hydrogens is 405 g/mol. The third-order valence-electron chi connectivity index (χ3n) is 4.60. The Morgan fingerprint density at radius 1 is 0.792 bits per heavy atom. The molecule has 0 fully saturated rings. The van der Waals surface area contributed by atoms with E-state index in [1.54, 1.807) is 0 Å². The van der Waals surface area contributed by atoms with E-state index in [0.29, 0.717) is 0 Å². The van der Waals surface area contributed by atoms with Gasteiger partial charge in [0.15, 0.2) is 0 Å². The van der Waals surface area contributed by atoms with Crippen molar-refractivity contribution in [2.45, 2.75) is 19.3 Å². The minimum Gasteiger partial charge on any atom is -0.265 e. The van der Waals surface area contributed by atoms with E-state index >= 15 is 0 Å². The van der Waals surface area contributed by atoms with Crippen molar-refractivity contribution in [3.63, 3.8) is 0 Å². The summed E-state index contributed by atoms with van der Waals surface area (Å²) in [6, 6.07) is 21.9. The lowest BCUT2D eigenvalue weighted by molar-refractivity contribution is 0.860. The highest BCUT2D eigenvalue weighted by atomic mass is 127. The van der Waals surface area contributed by atoms with Crippen LogP contribution in [0, 0.1) is 3.57 Å². The first-order valence-corrected chi connectivity index (χ1v) is 9.38. The molecule has 3 aromatic rings. The molecule has 1 aliphatic carbocycles. The van der Waals surface area contributed by atoms with Crippen LogP contribution in [0.2, 0.25) is 0 Å². The van der Waals surface area contributed by atoms with Gasteiger partial charge in [0, 0.05) is 16.0 Å². The SMILES string of the molecule is Ic1ccc2c(c1)CCCC(c1ccccc1)=C2c1ccncc1. The molecule has 0 atom stereocenters. The maximum atomic E-state index is 4.21. The molecule has 0 spiro atoms. The molecule has 0 aliphatic heterocycles. The van der Waals surface area contributed by atoms with Crippen LogP contribution in [0.15, 0.2) is 73.1 Å². The summed E-state index contributed by atoms with van der Waals surface area (Å²) in [5, 5.41) is 0. The summed E-state index contributed by atoms with van der Waals surface area (Å²) in [5.74, 6) is 0. The van der Waals surface area contributed by atoms with Gasteiger partial charge in [0.1, 0.15) is 0 Å². The van der Waals surface area contributed by atoms with E-state index in [0.717, 1.165) is 12.8 Å². The highest BCUT2D eigenvalue weighted by Gasteiger charge is 2.20. The van der Waals surface area contributed by atoms with Crippen molar-refractivity contribution in [1.29, 1.82) is 0 Å². The predicted octanol–water partition coefficient (Wildman–Crippen LogP) is 5.98. The monoisotopic (exact) mass is 423 g/mol. The van der Waals surface area contributed by atoms with Crippen LogP contribution < -0.4 is 0 Å². The molecular formula is C22H18IN. The van der Waals surface area contributed by atoms with Gasteiger partial charge in [0.2, 0.25) is 0 Å². The molecule has 24 heavy (non-hydrogen) atoms. The molecule has 1 aliphatic rings. The summed E-state index contributed by atoms with van der Waals surface area (Å²) in [7, 11) is 0. The second-order valence-electron chi connectivity index (χ2n) is 6.11. The number of hydrogen-bond donors (Lipinski definition) is 0. The zero-order chi connectivity index (χ0) is 16.4. The highest BCUT2D eigenvalue weighted by molar-refractivity contribution is 14.1. The summed E-state index contributed by atoms with van der Waals surface area (Å²) in [6.07, 6.45) is 7.21. The number of fused-ring (bicyclic) bond motifs is 1. The minimum absolute atomic E-state index is 1.10. The number of benzene rings is 2. The first-order valence-electron chi connectivity index (χ1n) is 8.31. The van der Waals surface area contributed by atoms with Gasteiger partial charge < -0.3 is 0 Å². The van der Waals surface area contributed by atoms with E-state index in [1.165, 1.54) is 43.4 Å². The van der Waals surface area contributed by atoms with E-state index in [-0.39, 0.29) is 0 Å². The predicted molar refractivity (Wildman–Crippen MR) is 109 cm³/mol. The van der Waals surface area contributed by atoms with Gasteiger partial charge >= 0.3 is 0 Å². The fourth-order valence-corrected chi connectivity index (χ4v) is 4.09. The smallest absolute Gasteiger partial charge is 0.0273 e. The Morgan fingerprint density at radius 2 is 1.58 bits per heavy atom. The zero-order valence-corrected chi connectivity index (χ0v) is 15.5. The number of halogens is 1. The molecule has 0 saturated heterocycles. The Hall–Kier alpha value is -1.94. The third kappa shape index (κ3) is 3.03. The van der Waals surface area contributed by atoms with Gasteiger partial charge in [0.05, 0.1) is 0 Å². The quantitative estimate of drug-likeness (QED) is 0.462. The molecule has 1 heterocycles. The lowest BCUT2D eigenvalue weighted by atomic mass is 9.88. The first kappa shape index (κ1) is 15.6. The summed E-state index contributed by atoms with van der Waals surface area (Å²) < 4.78 is 1.31. The summed E-state index contributed by atoms with van der Waals surface area (Å²) >= 11 is 2.41. The first-order chi connectivity index (χ1) is 11.8. The van der Waals surface area contributed by atoms with Crippen LogP contribution in [-0.2, 0) is 6.42 Å². The van der Waals surface area contributed by atoms with Gasteiger partial charge in [-0.1, -0.05) is 36.4 Å². The van der Waals surface area contributed by atoms with Crippen LogP contribution in [-0.4, -0.2) is 4.98 Å². The highest BCUT2D eigenvalue weighted by Crippen LogP contribution is 2.39. The zero-order valence-electron chi connectivity index (χ0n) is 13.4. The molecule has 0 unspecified atom stereocenters. The van der Waals surface area contributed by atoms with Gasteiger partial charge in [0.25, 0.3) is 0 Å². The Morgan fingerprint density at radius 3 is 2.38 bits per heavy atom. The molecule has 2 heteroatoms. The summed E-state index contributed by atoms with van der Waals surface area (Å²) in [5.41, 5.74) is 8.23. The van der Waals surface area contributed by atoms with Crippen molar-refractivity contribution in [1.82, 2.24) is 4.98 Å². The molecule has 0 N–H and O–H groups in total. The Labute approximate surface area is 156 Å². The van der Waals surface area contributed by atoms with Crippen molar-refractivity contribution >= 4 is 33.7 Å². The number of pyridine rings is 1. The molecule has 2 aromatic carbocycles. The Balaban J connectivity index is 2.02. The van der Waals surface area contributed by atoms with Gasteiger partial charge in [-0.2, -0.15) is 0 Å². The van der Waals surface area contributed by atoms with Crippen molar-refractivity contribution in [3.05, 3.63) is 98.9 Å². The van der Waals surface area contributed by atoms with Crippen LogP contribution in [0.25, 0.3) is 11.1 Å². The standard InChI is InChI=1S/C22H18IN/c23-19-9-10-21-18(15-19)7-4-8-20(16-5-2-1-3-6-16)22(21)17-11-13-24-14-12-17/h1-3,5-6,9-15H,4,7-8H2. The second-order valence-corrected chi connectivity index (χ2v) is 7.36. The fourth-order valence-electron chi connectivity index (χ4n) is 3.53. The number of allylic oxidation sites excluding steroid dienone is 1. The average Bonchev–Trinajstić information content (AvgIpc) is 2.82. The van der Waals surface area contributed by atoms with Gasteiger partial charge in [-0.05, 0) is 99.5 Å². The lowest BCUT2D eigenvalue weighted by Gasteiger charge is -2.16. The van der Waals surface area contributed by atoms with Crippen molar-refractivity contribution in [2.24, 2.45) is 0 Å². The van der Waals surface area contributed by atoms with Gasteiger partial charge in [-0.3, -0.25) is 4.98 Å². The number of rotatable bonds is 2. The third-order valence-corrected chi connectivity index (χ3v) is 5.27. The van der Waals surface area contributed by atoms with Crippen molar-refractivity contribution in [2.75, 3.05) is 0 Å².